The van der Waals surface area contributed by atoms with E-state index in [1.54, 1.807) is 0 Å². The van der Waals surface area contributed by atoms with Gasteiger partial charge < -0.3 is 10.6 Å². The molecule has 2 rings (SSSR count). The van der Waals surface area contributed by atoms with Crippen molar-refractivity contribution in [1.29, 1.82) is 0 Å². The summed E-state index contributed by atoms with van der Waals surface area (Å²) in [6, 6.07) is 0.923. The van der Waals surface area contributed by atoms with Crippen LogP contribution < -0.4 is 10.6 Å². The third kappa shape index (κ3) is 3.62. The van der Waals surface area contributed by atoms with Gasteiger partial charge in [-0.15, -0.1) is 0 Å². The highest BCUT2D eigenvalue weighted by Crippen LogP contribution is 2.28. The van der Waals surface area contributed by atoms with Crippen molar-refractivity contribution in [2.45, 2.75) is 56.4 Å². The van der Waals surface area contributed by atoms with Crippen LogP contribution in [-0.2, 0) is 4.79 Å². The van der Waals surface area contributed by atoms with E-state index in [0.29, 0.717) is 18.0 Å². The second-order valence-corrected chi connectivity index (χ2v) is 6.59. The molecule has 0 spiro atoms. The van der Waals surface area contributed by atoms with Crippen LogP contribution in [0.2, 0.25) is 0 Å². The van der Waals surface area contributed by atoms with Gasteiger partial charge in [0.15, 0.2) is 0 Å². The number of hydrogen-bond acceptors (Lipinski definition) is 3. The van der Waals surface area contributed by atoms with Crippen molar-refractivity contribution < 1.29 is 4.79 Å². The van der Waals surface area contributed by atoms with Gasteiger partial charge >= 0.3 is 0 Å². The Morgan fingerprint density at radius 3 is 2.76 bits per heavy atom. The second kappa shape index (κ2) is 6.10. The van der Waals surface area contributed by atoms with E-state index in [0.717, 1.165) is 37.5 Å². The van der Waals surface area contributed by atoms with Crippen molar-refractivity contribution in [2.24, 2.45) is 5.92 Å². The molecular weight excluding hydrogens is 232 g/mol. The van der Waals surface area contributed by atoms with Gasteiger partial charge in [0.2, 0.25) is 5.91 Å². The van der Waals surface area contributed by atoms with Crippen LogP contribution in [0.5, 0.6) is 0 Å². The van der Waals surface area contributed by atoms with Crippen molar-refractivity contribution in [3.63, 3.8) is 0 Å². The zero-order chi connectivity index (χ0) is 12.3. The predicted molar refractivity (Wildman–Crippen MR) is 73.3 cm³/mol. The first-order valence-electron chi connectivity index (χ1n) is 6.75. The third-order valence-corrected chi connectivity index (χ3v) is 5.15. The number of piperidine rings is 1. The van der Waals surface area contributed by atoms with Gasteiger partial charge in [0.05, 0.1) is 0 Å². The van der Waals surface area contributed by atoms with Crippen LogP contribution in [-0.4, -0.2) is 36.0 Å². The molecule has 17 heavy (non-hydrogen) atoms. The maximum absolute atomic E-state index is 12.1. The zero-order valence-electron chi connectivity index (χ0n) is 10.9. The maximum Gasteiger partial charge on any atom is 0.223 e. The molecule has 0 bridgehead atoms. The minimum Gasteiger partial charge on any atom is -0.353 e. The Bertz CT molecular complexity index is 272. The summed E-state index contributed by atoms with van der Waals surface area (Å²) in [5.41, 5.74) is 0. The smallest absolute Gasteiger partial charge is 0.223 e. The average Bonchev–Trinajstić information content (AvgIpc) is 2.77. The minimum absolute atomic E-state index is 0.236. The van der Waals surface area contributed by atoms with Crippen LogP contribution in [0, 0.1) is 5.92 Å². The van der Waals surface area contributed by atoms with Crippen molar-refractivity contribution in [3.8, 4) is 0 Å². The van der Waals surface area contributed by atoms with E-state index in [1.807, 2.05) is 11.8 Å². The van der Waals surface area contributed by atoms with E-state index < -0.39 is 0 Å². The van der Waals surface area contributed by atoms with Gasteiger partial charge in [-0.25, -0.2) is 0 Å². The summed E-state index contributed by atoms with van der Waals surface area (Å²) in [5.74, 6) is 0.532. The van der Waals surface area contributed by atoms with Crippen LogP contribution in [0.3, 0.4) is 0 Å². The normalized spacial score (nSPS) is 38.0. The number of hydrogen-bond donors (Lipinski definition) is 2. The van der Waals surface area contributed by atoms with Crippen LogP contribution in [0.15, 0.2) is 0 Å². The van der Waals surface area contributed by atoms with E-state index in [-0.39, 0.29) is 5.92 Å². The van der Waals surface area contributed by atoms with Crippen LogP contribution in [0.25, 0.3) is 0 Å². The number of nitrogens with one attached hydrogen (secondary N) is 2. The number of thioether (sulfide) groups is 1. The fraction of sp³-hybridized carbons (Fsp3) is 0.923. The standard InChI is InChI=1S/C13H24N2OS/c1-9-7-10(5-6-14-9)13(16)15-11-3-4-12(8-11)17-2/h9-12,14H,3-8H2,1-2H3,(H,15,16). The summed E-state index contributed by atoms with van der Waals surface area (Å²) >= 11 is 1.94. The van der Waals surface area contributed by atoms with Gasteiger partial charge in [0.1, 0.15) is 0 Å². The molecule has 2 fully saturated rings. The lowest BCUT2D eigenvalue weighted by Crippen LogP contribution is -2.44. The maximum atomic E-state index is 12.1. The molecule has 0 aromatic rings. The molecule has 1 amide bonds. The Labute approximate surface area is 108 Å². The number of carbonyl (C=O) groups excluding carboxylic acids is 1. The van der Waals surface area contributed by atoms with E-state index >= 15 is 0 Å². The molecule has 1 aliphatic heterocycles. The zero-order valence-corrected chi connectivity index (χ0v) is 11.7. The fourth-order valence-corrected chi connectivity index (χ4v) is 3.77. The topological polar surface area (TPSA) is 41.1 Å². The first kappa shape index (κ1) is 13.2. The van der Waals surface area contributed by atoms with Crippen LogP contribution in [0.4, 0.5) is 0 Å². The third-order valence-electron chi connectivity index (χ3n) is 4.06. The van der Waals surface area contributed by atoms with Gasteiger partial charge in [-0.05, 0) is 51.8 Å². The Morgan fingerprint density at radius 1 is 1.29 bits per heavy atom. The highest BCUT2D eigenvalue weighted by Gasteiger charge is 2.29. The number of amides is 1. The monoisotopic (exact) mass is 256 g/mol. The lowest BCUT2D eigenvalue weighted by molar-refractivity contribution is -0.126. The van der Waals surface area contributed by atoms with Gasteiger partial charge in [-0.3, -0.25) is 4.79 Å². The highest BCUT2D eigenvalue weighted by atomic mass is 32.2. The minimum atomic E-state index is 0.236. The number of carbonyl (C=O) groups is 1. The summed E-state index contributed by atoms with van der Waals surface area (Å²) < 4.78 is 0. The molecule has 0 radical (unpaired) electrons. The van der Waals surface area contributed by atoms with Gasteiger partial charge in [0, 0.05) is 23.3 Å². The van der Waals surface area contributed by atoms with Crippen molar-refractivity contribution in [1.82, 2.24) is 10.6 Å². The first-order chi connectivity index (χ1) is 8.19. The highest BCUT2D eigenvalue weighted by molar-refractivity contribution is 7.99. The van der Waals surface area contributed by atoms with Crippen LogP contribution >= 0.6 is 11.8 Å². The van der Waals surface area contributed by atoms with Gasteiger partial charge in [-0.2, -0.15) is 11.8 Å². The second-order valence-electron chi connectivity index (χ2n) is 5.45. The van der Waals surface area contributed by atoms with E-state index in [1.165, 1.54) is 6.42 Å². The van der Waals surface area contributed by atoms with E-state index in [4.69, 9.17) is 0 Å². The number of rotatable bonds is 3. The molecular formula is C13H24N2OS. The molecule has 1 aliphatic carbocycles. The Balaban J connectivity index is 1.77. The van der Waals surface area contributed by atoms with Crippen molar-refractivity contribution in [3.05, 3.63) is 0 Å². The quantitative estimate of drug-likeness (QED) is 0.808. The molecule has 4 unspecified atom stereocenters. The molecule has 1 saturated heterocycles. The van der Waals surface area contributed by atoms with Gasteiger partial charge in [0.25, 0.3) is 0 Å². The summed E-state index contributed by atoms with van der Waals surface area (Å²) in [6.07, 6.45) is 7.74. The molecule has 98 valence electrons. The SMILES string of the molecule is CSC1CCC(NC(=O)C2CCNC(C)C2)C1. The van der Waals surface area contributed by atoms with Crippen molar-refractivity contribution >= 4 is 17.7 Å². The van der Waals surface area contributed by atoms with Crippen LogP contribution in [0.1, 0.15) is 39.0 Å². The molecule has 1 heterocycles. The molecule has 1 saturated carbocycles. The van der Waals surface area contributed by atoms with E-state index in [2.05, 4.69) is 23.8 Å². The molecule has 4 atom stereocenters. The van der Waals surface area contributed by atoms with Gasteiger partial charge in [-0.1, -0.05) is 0 Å². The average molecular weight is 256 g/mol. The Hall–Kier alpha value is -0.220. The fourth-order valence-electron chi connectivity index (χ4n) is 2.97. The Kier molecular flexibility index (Phi) is 4.74. The van der Waals surface area contributed by atoms with Crippen molar-refractivity contribution in [2.75, 3.05) is 12.8 Å². The Morgan fingerprint density at radius 2 is 2.12 bits per heavy atom. The molecule has 0 aromatic heterocycles. The molecule has 2 aliphatic rings. The molecule has 4 heteroatoms. The molecule has 0 aromatic carbocycles. The molecule has 2 N–H and O–H groups in total. The predicted octanol–water partition coefficient (Wildman–Crippen LogP) is 1.77. The first-order valence-corrected chi connectivity index (χ1v) is 8.04. The summed E-state index contributed by atoms with van der Waals surface area (Å²) in [5, 5.41) is 7.40. The summed E-state index contributed by atoms with van der Waals surface area (Å²) in [7, 11) is 0. The lowest BCUT2D eigenvalue weighted by Gasteiger charge is -2.28. The van der Waals surface area contributed by atoms with E-state index in [9.17, 15) is 4.79 Å². The lowest BCUT2D eigenvalue weighted by atomic mass is 9.92. The summed E-state index contributed by atoms with van der Waals surface area (Å²) in [4.78, 5) is 12.1. The summed E-state index contributed by atoms with van der Waals surface area (Å²) in [6.45, 7) is 3.15. The molecule has 3 nitrogen and oxygen atoms in total. The largest absolute Gasteiger partial charge is 0.353 e.